The summed E-state index contributed by atoms with van der Waals surface area (Å²) < 4.78 is 17.1. The number of H-pyrrole nitrogens is 1. The molecule has 0 saturated heterocycles. The van der Waals surface area contributed by atoms with Gasteiger partial charge in [0.05, 0.1) is 50.6 Å². The summed E-state index contributed by atoms with van der Waals surface area (Å²) in [6.07, 6.45) is 1.14. The summed E-state index contributed by atoms with van der Waals surface area (Å²) in [4.78, 5) is 46.4. The number of para-hydroxylation sites is 2. The van der Waals surface area contributed by atoms with E-state index in [2.05, 4.69) is 25.9 Å². The number of nitrogens with zero attached hydrogens (tertiary/aromatic N) is 1. The summed E-state index contributed by atoms with van der Waals surface area (Å²) in [6, 6.07) is 13.3. The van der Waals surface area contributed by atoms with Crippen LogP contribution in [-0.4, -0.2) is 49.2 Å². The Morgan fingerprint density at radius 1 is 1.05 bits per heavy atom. The molecule has 0 fully saturated rings. The average Bonchev–Trinajstić information content (AvgIpc) is 3.28. The number of methoxy groups -OCH3 is 3. The molecule has 1 aliphatic carbocycles. The minimum Gasteiger partial charge on any atom is -0.493 e. The number of aryl methyl sites for hydroxylation is 1. The van der Waals surface area contributed by atoms with E-state index >= 15 is 0 Å². The zero-order chi connectivity index (χ0) is 30.7. The number of carbonyl (C=O) groups is 2. The number of imidazole rings is 1. The predicted molar refractivity (Wildman–Crippen MR) is 164 cm³/mol. The lowest BCUT2D eigenvalue weighted by Gasteiger charge is -2.19. The molecule has 43 heavy (non-hydrogen) atoms. The molecule has 0 spiro atoms. The predicted octanol–water partition coefficient (Wildman–Crippen LogP) is 3.86. The van der Waals surface area contributed by atoms with E-state index in [1.165, 1.54) is 20.1 Å². The fraction of sp³-hybridized carbons (Fsp3) is 0.312. The molecule has 5 rings (SSSR count). The number of aromatic amines is 1. The van der Waals surface area contributed by atoms with E-state index in [4.69, 9.17) is 14.2 Å². The molecule has 3 aromatic carbocycles. The Hall–Kier alpha value is -5.06. The van der Waals surface area contributed by atoms with Gasteiger partial charge in [0.1, 0.15) is 11.9 Å². The number of aromatic nitrogens is 2. The molecule has 0 aliphatic heterocycles. The summed E-state index contributed by atoms with van der Waals surface area (Å²) in [7, 11) is 4.64. The number of nitrogens with one attached hydrogen (secondary N) is 4. The van der Waals surface area contributed by atoms with Crippen molar-refractivity contribution in [1.29, 1.82) is 0 Å². The molecular formula is C32H35N5O6. The Balaban J connectivity index is 1.49. The Morgan fingerprint density at radius 3 is 2.51 bits per heavy atom. The van der Waals surface area contributed by atoms with Crippen LogP contribution in [0.3, 0.4) is 0 Å². The highest BCUT2D eigenvalue weighted by Gasteiger charge is 2.29. The molecule has 11 nitrogen and oxygen atoms in total. The van der Waals surface area contributed by atoms with Gasteiger partial charge in [-0.1, -0.05) is 18.2 Å². The highest BCUT2D eigenvalue weighted by Crippen LogP contribution is 2.50. The van der Waals surface area contributed by atoms with Crippen LogP contribution in [0.2, 0.25) is 0 Å². The van der Waals surface area contributed by atoms with Crippen molar-refractivity contribution in [2.45, 2.75) is 45.3 Å². The molecule has 4 N–H and O–H groups in total. The molecular weight excluding hydrogens is 550 g/mol. The van der Waals surface area contributed by atoms with Crippen LogP contribution in [0, 0.1) is 0 Å². The highest BCUT2D eigenvalue weighted by atomic mass is 16.5. The second-order valence-electron chi connectivity index (χ2n) is 10.4. The zero-order valence-corrected chi connectivity index (χ0v) is 24.8. The van der Waals surface area contributed by atoms with E-state index in [9.17, 15) is 14.4 Å². The number of amides is 2. The standard InChI is InChI=1S/C32H35N5O6/c1-17(32(40)33-16-28-36-23-8-6-7-9-24(23)37-28)34-25-13-11-20-21(15-26(25)39)22(35-18(2)38)12-10-19-14-27(41-3)30(42-4)31(43-5)29(19)20/h6-9,11,13-15,17,22H,10,12,16H2,1-5H3,(H,33,40)(H,34,39)(H,35,38)(H,36,37)/t17-,22+/m0/s1. The average molecular weight is 586 g/mol. The smallest absolute Gasteiger partial charge is 0.242 e. The second kappa shape index (κ2) is 12.4. The molecule has 0 unspecified atom stereocenters. The lowest BCUT2D eigenvalue weighted by atomic mass is 9.95. The molecule has 1 aromatic heterocycles. The van der Waals surface area contributed by atoms with Crippen molar-refractivity contribution >= 4 is 28.5 Å². The van der Waals surface area contributed by atoms with Gasteiger partial charge in [-0.05, 0) is 66.8 Å². The first-order valence-corrected chi connectivity index (χ1v) is 14.0. The minimum atomic E-state index is -0.725. The SMILES string of the molecule is COc1cc2c(c(OC)c1OC)-c1ccc(N[C@@H](C)C(=O)NCc3nc4ccccc4[nH]3)c(=O)cc1[C@H](NC(C)=O)CC2. The number of benzene rings is 2. The van der Waals surface area contributed by atoms with Crippen LogP contribution < -0.4 is 35.6 Å². The van der Waals surface area contributed by atoms with Gasteiger partial charge in [-0.15, -0.1) is 0 Å². The highest BCUT2D eigenvalue weighted by molar-refractivity contribution is 5.86. The van der Waals surface area contributed by atoms with Crippen LogP contribution in [0.5, 0.6) is 17.2 Å². The molecule has 0 radical (unpaired) electrons. The summed E-state index contributed by atoms with van der Waals surface area (Å²) in [5.41, 5.74) is 4.64. The summed E-state index contributed by atoms with van der Waals surface area (Å²) in [6.45, 7) is 3.34. The number of anilines is 1. The third-order valence-electron chi connectivity index (χ3n) is 7.55. The Kier molecular flexibility index (Phi) is 8.51. The first kappa shape index (κ1) is 29.4. The quantitative estimate of drug-likeness (QED) is 0.232. The Labute approximate surface area is 249 Å². The maximum atomic E-state index is 13.6. The number of rotatable bonds is 9. The molecule has 1 aliphatic rings. The number of hydrogen-bond donors (Lipinski definition) is 4. The largest absolute Gasteiger partial charge is 0.493 e. The minimum absolute atomic E-state index is 0.209. The number of hydrogen-bond acceptors (Lipinski definition) is 8. The van der Waals surface area contributed by atoms with Crippen LogP contribution in [0.4, 0.5) is 5.69 Å². The van der Waals surface area contributed by atoms with Gasteiger partial charge in [0.15, 0.2) is 11.5 Å². The van der Waals surface area contributed by atoms with E-state index in [-0.39, 0.29) is 29.5 Å². The molecule has 1 heterocycles. The van der Waals surface area contributed by atoms with Crippen molar-refractivity contribution in [2.24, 2.45) is 0 Å². The third-order valence-corrected chi connectivity index (χ3v) is 7.55. The molecule has 2 amide bonds. The molecule has 0 saturated carbocycles. The van der Waals surface area contributed by atoms with Crippen molar-refractivity contribution < 1.29 is 23.8 Å². The normalized spacial score (nSPS) is 14.5. The van der Waals surface area contributed by atoms with Crippen LogP contribution in [0.1, 0.15) is 43.3 Å². The van der Waals surface area contributed by atoms with Crippen molar-refractivity contribution in [3.63, 3.8) is 0 Å². The van der Waals surface area contributed by atoms with Gasteiger partial charge in [0.25, 0.3) is 0 Å². The van der Waals surface area contributed by atoms with Gasteiger partial charge >= 0.3 is 0 Å². The van der Waals surface area contributed by atoms with Crippen molar-refractivity contribution in [3.05, 3.63) is 75.7 Å². The monoisotopic (exact) mass is 585 g/mol. The topological polar surface area (TPSA) is 144 Å². The Morgan fingerprint density at radius 2 is 1.81 bits per heavy atom. The first-order valence-electron chi connectivity index (χ1n) is 14.0. The van der Waals surface area contributed by atoms with Crippen LogP contribution in [0.15, 0.2) is 53.3 Å². The van der Waals surface area contributed by atoms with E-state index in [1.54, 1.807) is 27.2 Å². The number of fused-ring (bicyclic) bond motifs is 4. The van der Waals surface area contributed by atoms with Gasteiger partial charge in [-0.3, -0.25) is 14.4 Å². The molecule has 224 valence electrons. The molecule has 11 heteroatoms. The fourth-order valence-corrected chi connectivity index (χ4v) is 5.54. The van der Waals surface area contributed by atoms with Crippen LogP contribution in [-0.2, 0) is 22.6 Å². The van der Waals surface area contributed by atoms with Gasteiger partial charge in [-0.25, -0.2) is 4.98 Å². The van der Waals surface area contributed by atoms with E-state index < -0.39 is 12.1 Å². The van der Waals surface area contributed by atoms with Crippen molar-refractivity contribution in [1.82, 2.24) is 20.6 Å². The van der Waals surface area contributed by atoms with Gasteiger partial charge in [0, 0.05) is 12.5 Å². The lowest BCUT2D eigenvalue weighted by Crippen LogP contribution is -2.38. The maximum absolute atomic E-state index is 13.6. The van der Waals surface area contributed by atoms with Crippen LogP contribution in [0.25, 0.3) is 22.2 Å². The zero-order valence-electron chi connectivity index (χ0n) is 24.8. The van der Waals surface area contributed by atoms with Gasteiger partial charge in [-0.2, -0.15) is 0 Å². The maximum Gasteiger partial charge on any atom is 0.242 e. The lowest BCUT2D eigenvalue weighted by molar-refractivity contribution is -0.122. The number of ether oxygens (including phenoxy) is 3. The summed E-state index contributed by atoms with van der Waals surface area (Å²) >= 11 is 0. The fourth-order valence-electron chi connectivity index (χ4n) is 5.54. The van der Waals surface area contributed by atoms with Crippen molar-refractivity contribution in [2.75, 3.05) is 26.6 Å². The van der Waals surface area contributed by atoms with Gasteiger partial charge < -0.3 is 35.1 Å². The number of carbonyl (C=O) groups excluding carboxylic acids is 2. The molecule has 4 aromatic rings. The van der Waals surface area contributed by atoms with E-state index in [1.807, 2.05) is 36.4 Å². The van der Waals surface area contributed by atoms with Gasteiger partial charge in [0.2, 0.25) is 23.0 Å². The first-order chi connectivity index (χ1) is 20.7. The third kappa shape index (κ3) is 5.97. The van der Waals surface area contributed by atoms with Crippen molar-refractivity contribution in [3.8, 4) is 28.4 Å². The van der Waals surface area contributed by atoms with E-state index in [0.717, 1.165) is 22.2 Å². The van der Waals surface area contributed by atoms with E-state index in [0.29, 0.717) is 47.0 Å². The second-order valence-corrected chi connectivity index (χ2v) is 10.4. The van der Waals surface area contributed by atoms with Crippen LogP contribution >= 0.6 is 0 Å². The molecule has 2 atom stereocenters. The Bertz CT molecular complexity index is 1720. The molecule has 0 bridgehead atoms. The summed E-state index contributed by atoms with van der Waals surface area (Å²) in [5, 5.41) is 8.92. The summed E-state index contributed by atoms with van der Waals surface area (Å²) in [5.74, 6) is 1.53.